The SMILES string of the molecule is CC(C)(C)c1cc(Br)c(O)c(N=Nc2ccc(S(=O)(=O)N3CCCC3)cc2)c1. The van der Waals surface area contributed by atoms with Crippen LogP contribution in [0.3, 0.4) is 0 Å². The van der Waals surface area contributed by atoms with Gasteiger partial charge < -0.3 is 5.11 Å². The van der Waals surface area contributed by atoms with Gasteiger partial charge in [0.05, 0.1) is 15.1 Å². The number of azo groups is 1. The van der Waals surface area contributed by atoms with E-state index in [9.17, 15) is 13.5 Å². The molecule has 0 aromatic heterocycles. The summed E-state index contributed by atoms with van der Waals surface area (Å²) in [5, 5.41) is 18.6. The van der Waals surface area contributed by atoms with Crippen molar-refractivity contribution >= 4 is 37.3 Å². The molecule has 1 aliphatic heterocycles. The summed E-state index contributed by atoms with van der Waals surface area (Å²) in [7, 11) is -3.44. The first-order valence-electron chi connectivity index (χ1n) is 9.14. The Morgan fingerprint density at radius 3 is 2.21 bits per heavy atom. The molecule has 0 bridgehead atoms. The van der Waals surface area contributed by atoms with Gasteiger partial charge in [-0.25, -0.2) is 8.42 Å². The number of hydrogen-bond acceptors (Lipinski definition) is 5. The van der Waals surface area contributed by atoms with Crippen molar-refractivity contribution in [1.82, 2.24) is 4.31 Å². The second kappa shape index (κ2) is 7.93. The van der Waals surface area contributed by atoms with E-state index in [0.29, 0.717) is 28.9 Å². The summed E-state index contributed by atoms with van der Waals surface area (Å²) >= 11 is 3.36. The lowest BCUT2D eigenvalue weighted by molar-refractivity contribution is 0.471. The molecular formula is C20H24BrN3O3S. The molecule has 0 amide bonds. The Morgan fingerprint density at radius 1 is 1.04 bits per heavy atom. The van der Waals surface area contributed by atoms with E-state index in [1.807, 2.05) is 6.07 Å². The molecule has 2 aromatic rings. The molecule has 1 aliphatic rings. The fraction of sp³-hybridized carbons (Fsp3) is 0.400. The van der Waals surface area contributed by atoms with Crippen LogP contribution in [-0.2, 0) is 15.4 Å². The van der Waals surface area contributed by atoms with Gasteiger partial charge >= 0.3 is 0 Å². The normalized spacial score (nSPS) is 16.1. The van der Waals surface area contributed by atoms with Crippen molar-refractivity contribution in [3.8, 4) is 5.75 Å². The molecule has 1 N–H and O–H groups in total. The Bertz CT molecular complexity index is 991. The smallest absolute Gasteiger partial charge is 0.243 e. The molecule has 28 heavy (non-hydrogen) atoms. The maximum Gasteiger partial charge on any atom is 0.243 e. The van der Waals surface area contributed by atoms with E-state index in [-0.39, 0.29) is 16.1 Å². The molecule has 8 heteroatoms. The van der Waals surface area contributed by atoms with E-state index in [4.69, 9.17) is 0 Å². The second-order valence-corrected chi connectivity index (χ2v) is 10.7. The van der Waals surface area contributed by atoms with Crippen molar-refractivity contribution in [2.24, 2.45) is 10.2 Å². The number of sulfonamides is 1. The van der Waals surface area contributed by atoms with Crippen LogP contribution in [0.4, 0.5) is 11.4 Å². The summed E-state index contributed by atoms with van der Waals surface area (Å²) in [5.74, 6) is 0.0185. The molecule has 1 fully saturated rings. The van der Waals surface area contributed by atoms with Crippen molar-refractivity contribution < 1.29 is 13.5 Å². The number of nitrogens with zero attached hydrogens (tertiary/aromatic N) is 3. The summed E-state index contributed by atoms with van der Waals surface area (Å²) in [6.45, 7) is 7.37. The molecule has 0 saturated carbocycles. The van der Waals surface area contributed by atoms with E-state index < -0.39 is 10.0 Å². The van der Waals surface area contributed by atoms with Crippen LogP contribution < -0.4 is 0 Å². The Hall–Kier alpha value is -1.77. The van der Waals surface area contributed by atoms with E-state index >= 15 is 0 Å². The number of rotatable bonds is 4. The highest BCUT2D eigenvalue weighted by atomic mass is 79.9. The molecule has 0 radical (unpaired) electrons. The van der Waals surface area contributed by atoms with Crippen molar-refractivity contribution in [2.45, 2.75) is 43.9 Å². The number of halogens is 1. The third-order valence-corrected chi connectivity index (χ3v) is 7.24. The zero-order chi connectivity index (χ0) is 20.5. The Morgan fingerprint density at radius 2 is 1.64 bits per heavy atom. The van der Waals surface area contributed by atoms with E-state index in [2.05, 4.69) is 46.9 Å². The first-order valence-corrected chi connectivity index (χ1v) is 11.4. The molecule has 1 heterocycles. The Balaban J connectivity index is 1.85. The summed E-state index contributed by atoms with van der Waals surface area (Å²) < 4.78 is 27.2. The van der Waals surface area contributed by atoms with Gasteiger partial charge in [-0.3, -0.25) is 0 Å². The highest BCUT2D eigenvalue weighted by Crippen LogP contribution is 2.39. The van der Waals surface area contributed by atoms with Crippen LogP contribution in [0.25, 0.3) is 0 Å². The average molecular weight is 466 g/mol. The van der Waals surface area contributed by atoms with Crippen LogP contribution in [0.2, 0.25) is 0 Å². The molecule has 150 valence electrons. The predicted molar refractivity (Wildman–Crippen MR) is 113 cm³/mol. The molecule has 0 spiro atoms. The number of hydrogen-bond donors (Lipinski definition) is 1. The minimum Gasteiger partial charge on any atom is -0.505 e. The van der Waals surface area contributed by atoms with Gasteiger partial charge in [-0.1, -0.05) is 20.8 Å². The van der Waals surface area contributed by atoms with Crippen LogP contribution in [0.5, 0.6) is 5.75 Å². The van der Waals surface area contributed by atoms with Crippen LogP contribution in [0.1, 0.15) is 39.2 Å². The molecule has 0 unspecified atom stereocenters. The first kappa shape index (κ1) is 21.0. The van der Waals surface area contributed by atoms with Crippen molar-refractivity contribution in [3.63, 3.8) is 0 Å². The van der Waals surface area contributed by atoms with E-state index in [1.54, 1.807) is 30.3 Å². The van der Waals surface area contributed by atoms with Gasteiger partial charge in [0.15, 0.2) is 5.75 Å². The van der Waals surface area contributed by atoms with Gasteiger partial charge in [-0.15, -0.1) is 5.11 Å². The maximum absolute atomic E-state index is 12.6. The van der Waals surface area contributed by atoms with E-state index in [0.717, 1.165) is 18.4 Å². The number of phenolic OH excluding ortho intramolecular Hbond substituents is 1. The lowest BCUT2D eigenvalue weighted by Crippen LogP contribution is -2.27. The summed E-state index contributed by atoms with van der Waals surface area (Å²) in [6.07, 6.45) is 1.80. The maximum atomic E-state index is 12.6. The van der Waals surface area contributed by atoms with Crippen molar-refractivity contribution in [3.05, 3.63) is 46.4 Å². The minimum absolute atomic E-state index is 0.0185. The average Bonchev–Trinajstić information content (AvgIpc) is 3.18. The molecule has 6 nitrogen and oxygen atoms in total. The van der Waals surface area contributed by atoms with Crippen LogP contribution in [0.15, 0.2) is 56.0 Å². The second-order valence-electron chi connectivity index (χ2n) is 7.88. The van der Waals surface area contributed by atoms with Gasteiger partial charge in [0.25, 0.3) is 0 Å². The molecule has 0 aliphatic carbocycles. The number of benzene rings is 2. The van der Waals surface area contributed by atoms with Gasteiger partial charge in [0, 0.05) is 13.1 Å². The molecular weight excluding hydrogens is 442 g/mol. The molecule has 0 atom stereocenters. The van der Waals surface area contributed by atoms with Gasteiger partial charge in [0.2, 0.25) is 10.0 Å². The van der Waals surface area contributed by atoms with Crippen LogP contribution >= 0.6 is 15.9 Å². The zero-order valence-corrected chi connectivity index (χ0v) is 18.6. The summed E-state index contributed by atoms with van der Waals surface area (Å²) in [5.41, 5.74) is 1.77. The Kier molecular flexibility index (Phi) is 5.93. The van der Waals surface area contributed by atoms with Crippen LogP contribution in [0, 0.1) is 0 Å². The van der Waals surface area contributed by atoms with Gasteiger partial charge in [-0.05, 0) is 76.1 Å². The predicted octanol–water partition coefficient (Wildman–Crippen LogP) is 5.65. The van der Waals surface area contributed by atoms with Crippen molar-refractivity contribution in [1.29, 1.82) is 0 Å². The van der Waals surface area contributed by atoms with Crippen molar-refractivity contribution in [2.75, 3.05) is 13.1 Å². The number of aromatic hydroxyl groups is 1. The topological polar surface area (TPSA) is 82.3 Å². The standard InChI is InChI=1S/C20H24BrN3O3S/c1-20(2,3)14-12-17(21)19(25)18(13-14)23-22-15-6-8-16(9-7-15)28(26,27)24-10-4-5-11-24/h6-9,12-13,25H,4-5,10-11H2,1-3H3. The molecule has 3 rings (SSSR count). The fourth-order valence-electron chi connectivity index (χ4n) is 2.97. The third kappa shape index (κ3) is 4.45. The van der Waals surface area contributed by atoms with E-state index in [1.165, 1.54) is 4.31 Å². The van der Waals surface area contributed by atoms with Gasteiger partial charge in [-0.2, -0.15) is 9.42 Å². The highest BCUT2D eigenvalue weighted by Gasteiger charge is 2.26. The first-order chi connectivity index (χ1) is 13.1. The monoisotopic (exact) mass is 465 g/mol. The largest absolute Gasteiger partial charge is 0.505 e. The quantitative estimate of drug-likeness (QED) is 0.591. The van der Waals surface area contributed by atoms with Crippen LogP contribution in [-0.4, -0.2) is 30.9 Å². The molecule has 1 saturated heterocycles. The molecule has 2 aromatic carbocycles. The lowest BCUT2D eigenvalue weighted by Gasteiger charge is -2.20. The Labute approximate surface area is 174 Å². The third-order valence-electron chi connectivity index (χ3n) is 4.72. The summed E-state index contributed by atoms with van der Waals surface area (Å²) in [6, 6.07) is 9.99. The summed E-state index contributed by atoms with van der Waals surface area (Å²) in [4.78, 5) is 0.258. The fourth-order valence-corrected chi connectivity index (χ4v) is 4.93. The van der Waals surface area contributed by atoms with Gasteiger partial charge in [0.1, 0.15) is 5.69 Å². The minimum atomic E-state index is -3.44. The number of phenols is 1. The lowest BCUT2D eigenvalue weighted by atomic mass is 9.87. The zero-order valence-electron chi connectivity index (χ0n) is 16.2. The highest BCUT2D eigenvalue weighted by molar-refractivity contribution is 9.10.